The summed E-state index contributed by atoms with van der Waals surface area (Å²) in [5.41, 5.74) is 1.24. The first-order valence-corrected chi connectivity index (χ1v) is 5.73. The van der Waals surface area contributed by atoms with Gasteiger partial charge in [-0.2, -0.15) is 0 Å². The number of ether oxygens (including phenoxy) is 1. The Balaban J connectivity index is 2.07. The van der Waals surface area contributed by atoms with E-state index in [1.54, 1.807) is 0 Å². The molecule has 86 valence electrons. The van der Waals surface area contributed by atoms with E-state index in [1.165, 1.54) is 5.56 Å². The Morgan fingerprint density at radius 3 is 2.31 bits per heavy atom. The molecule has 2 nitrogen and oxygen atoms in total. The lowest BCUT2D eigenvalue weighted by Gasteiger charge is -2.43. The standard InChI is InChI=1S/C14H18O2/c1-14(2,3)12-11(13(15)16-12)9-10-7-5-4-6-8-10/h4-8,11-12H,9H2,1-3H3/t11-,12+/m1/s1. The molecule has 2 atom stereocenters. The van der Waals surface area contributed by atoms with Crippen LogP contribution < -0.4 is 0 Å². The quantitative estimate of drug-likeness (QED) is 0.713. The fourth-order valence-corrected chi connectivity index (χ4v) is 2.18. The van der Waals surface area contributed by atoms with Crippen LogP contribution in [0.25, 0.3) is 0 Å². The predicted octanol–water partition coefficient (Wildman–Crippen LogP) is 2.82. The maximum atomic E-state index is 11.5. The molecule has 0 bridgehead atoms. The van der Waals surface area contributed by atoms with E-state index in [-0.39, 0.29) is 23.4 Å². The van der Waals surface area contributed by atoms with Gasteiger partial charge in [0, 0.05) is 0 Å². The highest BCUT2D eigenvalue weighted by molar-refractivity contribution is 5.79. The largest absolute Gasteiger partial charge is 0.461 e. The highest BCUT2D eigenvalue weighted by Crippen LogP contribution is 2.38. The number of esters is 1. The van der Waals surface area contributed by atoms with Crippen molar-refractivity contribution < 1.29 is 9.53 Å². The van der Waals surface area contributed by atoms with Crippen LogP contribution in [0.2, 0.25) is 0 Å². The van der Waals surface area contributed by atoms with Crippen molar-refractivity contribution in [1.29, 1.82) is 0 Å². The van der Waals surface area contributed by atoms with Crippen LogP contribution in [0.3, 0.4) is 0 Å². The van der Waals surface area contributed by atoms with E-state index in [1.807, 2.05) is 18.2 Å². The Hall–Kier alpha value is -1.31. The minimum Gasteiger partial charge on any atom is -0.461 e. The van der Waals surface area contributed by atoms with Crippen molar-refractivity contribution in [3.8, 4) is 0 Å². The number of rotatable bonds is 2. The van der Waals surface area contributed by atoms with Gasteiger partial charge in [0.15, 0.2) is 0 Å². The molecule has 2 rings (SSSR count). The number of carbonyl (C=O) groups is 1. The monoisotopic (exact) mass is 218 g/mol. The van der Waals surface area contributed by atoms with Crippen molar-refractivity contribution in [2.24, 2.45) is 11.3 Å². The van der Waals surface area contributed by atoms with Crippen molar-refractivity contribution in [2.75, 3.05) is 0 Å². The topological polar surface area (TPSA) is 26.3 Å². The van der Waals surface area contributed by atoms with Crippen LogP contribution in [0.5, 0.6) is 0 Å². The molecule has 0 amide bonds. The van der Waals surface area contributed by atoms with Crippen LogP contribution in [0.4, 0.5) is 0 Å². The summed E-state index contributed by atoms with van der Waals surface area (Å²) in [5.74, 6) is -0.0221. The highest BCUT2D eigenvalue weighted by atomic mass is 16.6. The second-order valence-corrected chi connectivity index (χ2v) is 5.52. The molecule has 1 aromatic rings. The number of cyclic esters (lactones) is 1. The summed E-state index contributed by atoms with van der Waals surface area (Å²) in [5, 5.41) is 0. The Morgan fingerprint density at radius 2 is 1.81 bits per heavy atom. The Kier molecular flexibility index (Phi) is 2.75. The zero-order valence-corrected chi connectivity index (χ0v) is 10.1. The number of carbonyl (C=O) groups excluding carboxylic acids is 1. The van der Waals surface area contributed by atoms with Crippen LogP contribution in [-0.4, -0.2) is 12.1 Å². The van der Waals surface area contributed by atoms with Gasteiger partial charge in [0.05, 0.1) is 5.92 Å². The molecule has 1 saturated heterocycles. The van der Waals surface area contributed by atoms with Gasteiger partial charge in [0.1, 0.15) is 6.10 Å². The molecule has 0 N–H and O–H groups in total. The fourth-order valence-electron chi connectivity index (χ4n) is 2.18. The zero-order chi connectivity index (χ0) is 11.8. The summed E-state index contributed by atoms with van der Waals surface area (Å²) in [6.45, 7) is 6.34. The second kappa shape index (κ2) is 3.93. The third-order valence-electron chi connectivity index (χ3n) is 3.06. The Labute approximate surface area is 96.6 Å². The van der Waals surface area contributed by atoms with E-state index in [0.29, 0.717) is 0 Å². The molecule has 0 aliphatic carbocycles. The molecule has 0 aromatic heterocycles. The summed E-state index contributed by atoms with van der Waals surface area (Å²) in [6.07, 6.45) is 0.849. The molecule has 0 spiro atoms. The van der Waals surface area contributed by atoms with Gasteiger partial charge in [0.25, 0.3) is 0 Å². The maximum Gasteiger partial charge on any atom is 0.313 e. The van der Waals surface area contributed by atoms with Gasteiger partial charge in [-0.25, -0.2) is 0 Å². The van der Waals surface area contributed by atoms with E-state index in [2.05, 4.69) is 32.9 Å². The van der Waals surface area contributed by atoms with Crippen LogP contribution in [0.15, 0.2) is 30.3 Å². The first-order chi connectivity index (χ1) is 7.48. The molecule has 0 saturated carbocycles. The zero-order valence-electron chi connectivity index (χ0n) is 10.1. The predicted molar refractivity (Wildman–Crippen MR) is 63.0 cm³/mol. The van der Waals surface area contributed by atoms with Crippen LogP contribution >= 0.6 is 0 Å². The molecule has 1 heterocycles. The Bertz CT molecular complexity index is 375. The van der Waals surface area contributed by atoms with E-state index >= 15 is 0 Å². The van der Waals surface area contributed by atoms with Gasteiger partial charge in [-0.05, 0) is 17.4 Å². The van der Waals surface area contributed by atoms with Crippen LogP contribution in [-0.2, 0) is 16.0 Å². The second-order valence-electron chi connectivity index (χ2n) is 5.52. The summed E-state index contributed by atoms with van der Waals surface area (Å²) >= 11 is 0. The van der Waals surface area contributed by atoms with E-state index in [0.717, 1.165) is 6.42 Å². The molecule has 2 heteroatoms. The summed E-state index contributed by atoms with van der Waals surface area (Å²) in [6, 6.07) is 10.1. The van der Waals surface area contributed by atoms with Gasteiger partial charge in [-0.3, -0.25) is 4.79 Å². The lowest BCUT2D eigenvalue weighted by atomic mass is 9.75. The fraction of sp³-hybridized carbons (Fsp3) is 0.500. The summed E-state index contributed by atoms with van der Waals surface area (Å²) in [7, 11) is 0. The molecule has 1 aliphatic heterocycles. The SMILES string of the molecule is CC(C)(C)[C@H]1OC(=O)[C@@H]1Cc1ccccc1. The van der Waals surface area contributed by atoms with Crippen LogP contribution in [0.1, 0.15) is 26.3 Å². The van der Waals surface area contributed by atoms with Gasteiger partial charge in [-0.15, -0.1) is 0 Å². The number of hydrogen-bond donors (Lipinski definition) is 0. The van der Waals surface area contributed by atoms with E-state index < -0.39 is 0 Å². The van der Waals surface area contributed by atoms with E-state index in [4.69, 9.17) is 4.74 Å². The first kappa shape index (κ1) is 11.2. The first-order valence-electron chi connectivity index (χ1n) is 5.73. The molecule has 16 heavy (non-hydrogen) atoms. The Morgan fingerprint density at radius 1 is 1.19 bits per heavy atom. The van der Waals surface area contributed by atoms with Crippen molar-refractivity contribution in [3.05, 3.63) is 35.9 Å². The van der Waals surface area contributed by atoms with Crippen molar-refractivity contribution in [2.45, 2.75) is 33.3 Å². The van der Waals surface area contributed by atoms with E-state index in [9.17, 15) is 4.79 Å². The lowest BCUT2D eigenvalue weighted by Crippen LogP contribution is -2.53. The van der Waals surface area contributed by atoms with Crippen molar-refractivity contribution in [3.63, 3.8) is 0 Å². The molecule has 1 fully saturated rings. The maximum absolute atomic E-state index is 11.5. The molecule has 0 unspecified atom stereocenters. The number of benzene rings is 1. The molecule has 0 radical (unpaired) electrons. The summed E-state index contributed by atoms with van der Waals surface area (Å²) in [4.78, 5) is 11.5. The molecular formula is C14H18O2. The average Bonchev–Trinajstić information content (AvgIpc) is 2.22. The third kappa shape index (κ3) is 2.11. The normalized spacial score (nSPS) is 24.8. The minimum absolute atomic E-state index is 0.0300. The van der Waals surface area contributed by atoms with Crippen molar-refractivity contribution in [1.82, 2.24) is 0 Å². The van der Waals surface area contributed by atoms with Gasteiger partial charge in [-0.1, -0.05) is 51.1 Å². The van der Waals surface area contributed by atoms with Gasteiger partial charge >= 0.3 is 5.97 Å². The average molecular weight is 218 g/mol. The molecular weight excluding hydrogens is 200 g/mol. The van der Waals surface area contributed by atoms with Crippen molar-refractivity contribution >= 4 is 5.97 Å². The van der Waals surface area contributed by atoms with Gasteiger partial charge in [0.2, 0.25) is 0 Å². The van der Waals surface area contributed by atoms with Gasteiger partial charge < -0.3 is 4.74 Å². The lowest BCUT2D eigenvalue weighted by molar-refractivity contribution is -0.198. The van der Waals surface area contributed by atoms with Crippen LogP contribution in [0, 0.1) is 11.3 Å². The molecule has 1 aromatic carbocycles. The number of hydrogen-bond acceptors (Lipinski definition) is 2. The third-order valence-corrected chi connectivity index (χ3v) is 3.06. The molecule has 1 aliphatic rings. The minimum atomic E-state index is -0.0521. The highest BCUT2D eigenvalue weighted by Gasteiger charge is 2.48. The smallest absolute Gasteiger partial charge is 0.313 e. The summed E-state index contributed by atoms with van der Waals surface area (Å²) < 4.78 is 5.25.